The fraction of sp³-hybridized carbons (Fsp3) is 0.286. The van der Waals surface area contributed by atoms with Crippen LogP contribution in [0.1, 0.15) is 11.1 Å². The van der Waals surface area contributed by atoms with Crippen LogP contribution in [0, 0.1) is 0 Å². The van der Waals surface area contributed by atoms with E-state index in [9.17, 15) is 5.11 Å². The Labute approximate surface area is 116 Å². The molecule has 2 N–H and O–H groups in total. The average molecular weight is 272 g/mol. The lowest BCUT2D eigenvalue weighted by atomic mass is 10.1. The molecule has 1 atom stereocenters. The normalized spacial score (nSPS) is 17.4. The zero-order valence-electron chi connectivity index (χ0n) is 11.1. The number of rotatable bonds is 3. The van der Waals surface area contributed by atoms with Crippen molar-refractivity contribution in [3.05, 3.63) is 47.8 Å². The predicted molar refractivity (Wildman–Crippen MR) is 75.0 cm³/mol. The van der Waals surface area contributed by atoms with Crippen LogP contribution in [0.4, 0.5) is 11.6 Å². The number of hydrogen-bond acceptors (Lipinski definition) is 6. The molecule has 2 aromatic rings. The third-order valence-corrected chi connectivity index (χ3v) is 3.45. The summed E-state index contributed by atoms with van der Waals surface area (Å²) in [5.74, 6) is 1.35. The molecule has 0 fully saturated rings. The fourth-order valence-corrected chi connectivity index (χ4v) is 2.31. The molecule has 0 amide bonds. The second kappa shape index (κ2) is 5.07. The first-order valence-electron chi connectivity index (χ1n) is 6.38. The van der Waals surface area contributed by atoms with Crippen LogP contribution in [-0.4, -0.2) is 33.6 Å². The first kappa shape index (κ1) is 12.8. The first-order valence-corrected chi connectivity index (χ1v) is 6.38. The molecule has 0 spiro atoms. The zero-order chi connectivity index (χ0) is 14.1. The van der Waals surface area contributed by atoms with Gasteiger partial charge in [-0.2, -0.15) is 0 Å². The van der Waals surface area contributed by atoms with E-state index in [0.29, 0.717) is 18.2 Å². The van der Waals surface area contributed by atoms with Crippen molar-refractivity contribution in [3.8, 4) is 0 Å². The van der Waals surface area contributed by atoms with Crippen LogP contribution in [-0.2, 0) is 13.2 Å². The first-order chi connectivity index (χ1) is 9.70. The summed E-state index contributed by atoms with van der Waals surface area (Å²) in [6, 6.07) is 7.62. The second-order valence-electron chi connectivity index (χ2n) is 4.76. The van der Waals surface area contributed by atoms with Gasteiger partial charge in [-0.15, -0.1) is 0 Å². The predicted octanol–water partition coefficient (Wildman–Crippen LogP) is 0.701. The molecule has 6 nitrogen and oxygen atoms in total. The van der Waals surface area contributed by atoms with Gasteiger partial charge in [-0.25, -0.2) is 9.97 Å². The lowest BCUT2D eigenvalue weighted by molar-refractivity contribution is 0.175. The SMILES string of the molecule is CN1c2nccnc2N(Cc2ccc(CO)cc2)C1O. The molecule has 0 saturated heterocycles. The smallest absolute Gasteiger partial charge is 0.210 e. The molecule has 1 aromatic heterocycles. The Hall–Kier alpha value is -2.18. The van der Waals surface area contributed by atoms with Crippen molar-refractivity contribution in [1.82, 2.24) is 9.97 Å². The molecule has 6 heteroatoms. The van der Waals surface area contributed by atoms with Gasteiger partial charge in [-0.05, 0) is 11.1 Å². The molecular formula is C14H16N4O2. The van der Waals surface area contributed by atoms with Crippen molar-refractivity contribution in [2.45, 2.75) is 19.5 Å². The van der Waals surface area contributed by atoms with Crippen molar-refractivity contribution in [2.24, 2.45) is 0 Å². The molecular weight excluding hydrogens is 256 g/mol. The molecule has 1 aliphatic heterocycles. The van der Waals surface area contributed by atoms with Gasteiger partial charge in [-0.3, -0.25) is 0 Å². The summed E-state index contributed by atoms with van der Waals surface area (Å²) in [7, 11) is 1.78. The third kappa shape index (κ3) is 2.09. The van der Waals surface area contributed by atoms with Crippen LogP contribution in [0.3, 0.4) is 0 Å². The largest absolute Gasteiger partial charge is 0.392 e. The number of aliphatic hydroxyl groups is 2. The monoisotopic (exact) mass is 272 g/mol. The lowest BCUT2D eigenvalue weighted by Crippen LogP contribution is -2.40. The Morgan fingerprint density at radius 1 is 1.05 bits per heavy atom. The Morgan fingerprint density at radius 3 is 2.30 bits per heavy atom. The van der Waals surface area contributed by atoms with E-state index in [-0.39, 0.29) is 6.61 Å². The van der Waals surface area contributed by atoms with E-state index >= 15 is 0 Å². The molecule has 1 unspecified atom stereocenters. The third-order valence-electron chi connectivity index (χ3n) is 3.45. The minimum absolute atomic E-state index is 0.0314. The maximum absolute atomic E-state index is 10.3. The van der Waals surface area contributed by atoms with Gasteiger partial charge in [0.2, 0.25) is 6.35 Å². The van der Waals surface area contributed by atoms with Gasteiger partial charge in [-0.1, -0.05) is 24.3 Å². The Kier molecular flexibility index (Phi) is 3.25. The van der Waals surface area contributed by atoms with Crippen LogP contribution in [0.25, 0.3) is 0 Å². The standard InChI is InChI=1S/C14H16N4O2/c1-17-12-13(16-7-6-15-12)18(14(17)20)8-10-2-4-11(9-19)5-3-10/h2-7,14,19-20H,8-9H2,1H3. The van der Waals surface area contributed by atoms with Crippen molar-refractivity contribution in [1.29, 1.82) is 0 Å². The minimum Gasteiger partial charge on any atom is -0.392 e. The Morgan fingerprint density at radius 2 is 1.65 bits per heavy atom. The summed E-state index contributed by atoms with van der Waals surface area (Å²) in [5, 5.41) is 19.3. The van der Waals surface area contributed by atoms with Crippen molar-refractivity contribution < 1.29 is 10.2 Å². The van der Waals surface area contributed by atoms with Gasteiger partial charge < -0.3 is 20.0 Å². The van der Waals surface area contributed by atoms with Crippen LogP contribution in [0.15, 0.2) is 36.7 Å². The number of aromatic nitrogens is 2. The van der Waals surface area contributed by atoms with E-state index in [1.165, 1.54) is 0 Å². The molecule has 0 bridgehead atoms. The molecule has 1 aliphatic rings. The van der Waals surface area contributed by atoms with Gasteiger partial charge in [0.15, 0.2) is 11.6 Å². The Balaban J connectivity index is 1.86. The van der Waals surface area contributed by atoms with Crippen LogP contribution < -0.4 is 9.80 Å². The van der Waals surface area contributed by atoms with Gasteiger partial charge in [0, 0.05) is 26.0 Å². The van der Waals surface area contributed by atoms with E-state index in [1.807, 2.05) is 24.3 Å². The molecule has 0 radical (unpaired) electrons. The number of hydrogen-bond donors (Lipinski definition) is 2. The highest BCUT2D eigenvalue weighted by Gasteiger charge is 2.34. The highest BCUT2D eigenvalue weighted by atomic mass is 16.3. The number of anilines is 2. The van der Waals surface area contributed by atoms with E-state index < -0.39 is 6.35 Å². The molecule has 0 saturated carbocycles. The second-order valence-corrected chi connectivity index (χ2v) is 4.76. The van der Waals surface area contributed by atoms with Gasteiger partial charge >= 0.3 is 0 Å². The van der Waals surface area contributed by atoms with Gasteiger partial charge in [0.25, 0.3) is 0 Å². The number of aliphatic hydroxyl groups excluding tert-OH is 2. The molecule has 2 heterocycles. The molecule has 104 valence electrons. The van der Waals surface area contributed by atoms with E-state index in [2.05, 4.69) is 9.97 Å². The zero-order valence-corrected chi connectivity index (χ0v) is 11.1. The quantitative estimate of drug-likeness (QED) is 0.857. The van der Waals surface area contributed by atoms with Crippen LogP contribution in [0.2, 0.25) is 0 Å². The number of nitrogens with zero attached hydrogens (tertiary/aromatic N) is 4. The van der Waals surface area contributed by atoms with E-state index in [1.54, 1.807) is 29.2 Å². The maximum Gasteiger partial charge on any atom is 0.210 e. The highest BCUT2D eigenvalue weighted by molar-refractivity contribution is 5.68. The van der Waals surface area contributed by atoms with Crippen molar-refractivity contribution in [3.63, 3.8) is 0 Å². The lowest BCUT2D eigenvalue weighted by Gasteiger charge is -2.24. The minimum atomic E-state index is -0.773. The van der Waals surface area contributed by atoms with Gasteiger partial charge in [0.1, 0.15) is 0 Å². The highest BCUT2D eigenvalue weighted by Crippen LogP contribution is 2.34. The summed E-state index contributed by atoms with van der Waals surface area (Å²) in [5.41, 5.74) is 1.90. The summed E-state index contributed by atoms with van der Waals surface area (Å²) in [6.45, 7) is 0.562. The summed E-state index contributed by atoms with van der Waals surface area (Å²) < 4.78 is 0. The summed E-state index contributed by atoms with van der Waals surface area (Å²) in [6.07, 6.45) is 2.46. The maximum atomic E-state index is 10.3. The van der Waals surface area contributed by atoms with E-state index in [0.717, 1.165) is 11.1 Å². The van der Waals surface area contributed by atoms with Crippen molar-refractivity contribution >= 4 is 11.6 Å². The topological polar surface area (TPSA) is 72.7 Å². The molecule has 1 aromatic carbocycles. The molecule has 3 rings (SSSR count). The summed E-state index contributed by atoms with van der Waals surface area (Å²) in [4.78, 5) is 12.0. The molecule has 0 aliphatic carbocycles. The van der Waals surface area contributed by atoms with Gasteiger partial charge in [0.05, 0.1) is 6.61 Å². The van der Waals surface area contributed by atoms with Crippen LogP contribution in [0.5, 0.6) is 0 Å². The number of fused-ring (bicyclic) bond motifs is 1. The molecule has 20 heavy (non-hydrogen) atoms. The average Bonchev–Trinajstić information content (AvgIpc) is 2.74. The fourth-order valence-electron chi connectivity index (χ4n) is 2.31. The summed E-state index contributed by atoms with van der Waals surface area (Å²) >= 11 is 0. The van der Waals surface area contributed by atoms with Crippen LogP contribution >= 0.6 is 0 Å². The van der Waals surface area contributed by atoms with E-state index in [4.69, 9.17) is 5.11 Å². The van der Waals surface area contributed by atoms with Crippen molar-refractivity contribution in [2.75, 3.05) is 16.8 Å². The number of benzene rings is 1. The Bertz CT molecular complexity index is 602.